The van der Waals surface area contributed by atoms with Crippen molar-refractivity contribution in [1.29, 1.82) is 0 Å². The average molecular weight is 264 g/mol. The summed E-state index contributed by atoms with van der Waals surface area (Å²) in [7, 11) is 1.40. The first-order valence-corrected chi connectivity index (χ1v) is 6.20. The molecule has 0 aliphatic heterocycles. The highest BCUT2D eigenvalue weighted by atomic mass is 19.1. The minimum absolute atomic E-state index is 0.123. The molecular weight excluding hydrogens is 247 g/mol. The van der Waals surface area contributed by atoms with Crippen molar-refractivity contribution in [1.82, 2.24) is 9.78 Å². The van der Waals surface area contributed by atoms with Crippen molar-refractivity contribution in [3.05, 3.63) is 47.5 Å². The number of halogens is 1. The SMILES string of the molecule is CCCn1cc(C(O)c2cccc(OC)c2F)cn1. The van der Waals surface area contributed by atoms with Crippen LogP contribution in [0.4, 0.5) is 4.39 Å². The number of nitrogens with zero attached hydrogens (tertiary/aromatic N) is 2. The van der Waals surface area contributed by atoms with Crippen molar-refractivity contribution in [3.63, 3.8) is 0 Å². The normalized spacial score (nSPS) is 12.4. The molecule has 19 heavy (non-hydrogen) atoms. The number of hydrogen-bond donors (Lipinski definition) is 1. The molecule has 0 spiro atoms. The van der Waals surface area contributed by atoms with Crippen LogP contribution in [0.25, 0.3) is 0 Å². The van der Waals surface area contributed by atoms with Crippen LogP contribution in [0.15, 0.2) is 30.6 Å². The Hall–Kier alpha value is -1.88. The van der Waals surface area contributed by atoms with E-state index in [1.807, 2.05) is 6.92 Å². The Labute approximate surface area is 111 Å². The first kappa shape index (κ1) is 13.5. The molecule has 4 nitrogen and oxygen atoms in total. The molecule has 102 valence electrons. The van der Waals surface area contributed by atoms with Crippen LogP contribution in [0.3, 0.4) is 0 Å². The van der Waals surface area contributed by atoms with Crippen LogP contribution in [0, 0.1) is 5.82 Å². The monoisotopic (exact) mass is 264 g/mol. The van der Waals surface area contributed by atoms with Crippen molar-refractivity contribution < 1.29 is 14.2 Å². The van der Waals surface area contributed by atoms with Crippen LogP contribution < -0.4 is 4.74 Å². The maximum Gasteiger partial charge on any atom is 0.171 e. The molecule has 0 bridgehead atoms. The fourth-order valence-electron chi connectivity index (χ4n) is 1.95. The summed E-state index contributed by atoms with van der Waals surface area (Å²) in [5, 5.41) is 14.4. The average Bonchev–Trinajstić information content (AvgIpc) is 2.87. The Balaban J connectivity index is 2.30. The molecule has 0 radical (unpaired) electrons. The summed E-state index contributed by atoms with van der Waals surface area (Å²) in [4.78, 5) is 0. The van der Waals surface area contributed by atoms with Crippen LogP contribution in [-0.4, -0.2) is 22.0 Å². The summed E-state index contributed by atoms with van der Waals surface area (Å²) in [6.07, 6.45) is 3.19. The maximum atomic E-state index is 14.1. The third-order valence-corrected chi connectivity index (χ3v) is 2.93. The van der Waals surface area contributed by atoms with E-state index in [9.17, 15) is 9.50 Å². The van der Waals surface area contributed by atoms with E-state index in [-0.39, 0.29) is 11.3 Å². The van der Waals surface area contributed by atoms with E-state index in [4.69, 9.17) is 4.74 Å². The van der Waals surface area contributed by atoms with Gasteiger partial charge in [0.15, 0.2) is 11.6 Å². The quantitative estimate of drug-likeness (QED) is 0.902. The van der Waals surface area contributed by atoms with Gasteiger partial charge in [-0.2, -0.15) is 5.10 Å². The largest absolute Gasteiger partial charge is 0.494 e. The smallest absolute Gasteiger partial charge is 0.171 e. The van der Waals surface area contributed by atoms with E-state index in [1.165, 1.54) is 13.2 Å². The van der Waals surface area contributed by atoms with Crippen molar-refractivity contribution >= 4 is 0 Å². The van der Waals surface area contributed by atoms with E-state index in [1.54, 1.807) is 29.2 Å². The van der Waals surface area contributed by atoms with Gasteiger partial charge in [-0.3, -0.25) is 4.68 Å². The van der Waals surface area contributed by atoms with Gasteiger partial charge in [0.25, 0.3) is 0 Å². The van der Waals surface area contributed by atoms with Gasteiger partial charge in [-0.15, -0.1) is 0 Å². The molecule has 0 aliphatic rings. The number of benzene rings is 1. The number of ether oxygens (including phenoxy) is 1. The summed E-state index contributed by atoms with van der Waals surface area (Å²) < 4.78 is 20.7. The van der Waals surface area contributed by atoms with Gasteiger partial charge in [-0.25, -0.2) is 4.39 Å². The third-order valence-electron chi connectivity index (χ3n) is 2.93. The molecule has 1 aromatic carbocycles. The van der Waals surface area contributed by atoms with Crippen LogP contribution in [0.1, 0.15) is 30.6 Å². The molecule has 1 aromatic heterocycles. The first-order valence-electron chi connectivity index (χ1n) is 6.20. The highest BCUT2D eigenvalue weighted by Gasteiger charge is 2.19. The highest BCUT2D eigenvalue weighted by molar-refractivity contribution is 5.36. The minimum atomic E-state index is -1.04. The van der Waals surface area contributed by atoms with Gasteiger partial charge < -0.3 is 9.84 Å². The lowest BCUT2D eigenvalue weighted by Crippen LogP contribution is -2.03. The van der Waals surface area contributed by atoms with Crippen molar-refractivity contribution in [2.45, 2.75) is 26.0 Å². The second kappa shape index (κ2) is 5.84. The summed E-state index contributed by atoms with van der Waals surface area (Å²) in [5.41, 5.74) is 0.760. The molecule has 2 rings (SSSR count). The second-order valence-electron chi connectivity index (χ2n) is 4.30. The lowest BCUT2D eigenvalue weighted by Gasteiger charge is -2.12. The van der Waals surface area contributed by atoms with Crippen molar-refractivity contribution in [2.75, 3.05) is 7.11 Å². The lowest BCUT2D eigenvalue weighted by atomic mass is 10.0. The van der Waals surface area contributed by atoms with E-state index < -0.39 is 11.9 Å². The van der Waals surface area contributed by atoms with Gasteiger partial charge in [0, 0.05) is 23.9 Å². The Morgan fingerprint density at radius 3 is 2.95 bits per heavy atom. The van der Waals surface area contributed by atoms with Crippen LogP contribution >= 0.6 is 0 Å². The predicted molar refractivity (Wildman–Crippen MR) is 69.5 cm³/mol. The number of aryl methyl sites for hydroxylation is 1. The lowest BCUT2D eigenvalue weighted by molar-refractivity contribution is 0.213. The third kappa shape index (κ3) is 2.76. The first-order chi connectivity index (χ1) is 9.17. The van der Waals surface area contributed by atoms with Crippen LogP contribution in [0.2, 0.25) is 0 Å². The van der Waals surface area contributed by atoms with Gasteiger partial charge in [-0.05, 0) is 12.5 Å². The van der Waals surface area contributed by atoms with Crippen molar-refractivity contribution in [2.24, 2.45) is 0 Å². The van der Waals surface area contributed by atoms with Gasteiger partial charge in [-0.1, -0.05) is 19.1 Å². The Bertz CT molecular complexity index is 554. The number of aliphatic hydroxyl groups excluding tert-OH is 1. The molecule has 0 amide bonds. The van der Waals surface area contributed by atoms with Crippen LogP contribution in [0.5, 0.6) is 5.75 Å². The predicted octanol–water partition coefficient (Wildman–Crippen LogP) is 2.52. The van der Waals surface area contributed by atoms with Crippen LogP contribution in [-0.2, 0) is 6.54 Å². The number of aromatic nitrogens is 2. The van der Waals surface area contributed by atoms with Gasteiger partial charge in [0.05, 0.1) is 13.3 Å². The zero-order valence-corrected chi connectivity index (χ0v) is 11.0. The van der Waals surface area contributed by atoms with Gasteiger partial charge in [0.1, 0.15) is 6.10 Å². The molecule has 0 saturated heterocycles. The molecule has 5 heteroatoms. The Kier molecular flexibility index (Phi) is 4.16. The highest BCUT2D eigenvalue weighted by Crippen LogP contribution is 2.28. The topological polar surface area (TPSA) is 47.3 Å². The number of aliphatic hydroxyl groups is 1. The van der Waals surface area contributed by atoms with Gasteiger partial charge in [0.2, 0.25) is 0 Å². The molecule has 1 unspecified atom stereocenters. The standard InChI is InChI=1S/C14H17FN2O2/c1-3-7-17-9-10(8-16-17)14(18)11-5-4-6-12(19-2)13(11)15/h4-6,8-9,14,18H,3,7H2,1-2H3. The summed E-state index contributed by atoms with van der Waals surface area (Å²) >= 11 is 0. The number of hydrogen-bond acceptors (Lipinski definition) is 3. The molecule has 0 fully saturated rings. The zero-order chi connectivity index (χ0) is 13.8. The molecule has 0 aliphatic carbocycles. The van der Waals surface area contributed by atoms with Gasteiger partial charge >= 0.3 is 0 Å². The maximum absolute atomic E-state index is 14.1. The minimum Gasteiger partial charge on any atom is -0.494 e. The molecule has 0 saturated carbocycles. The fraction of sp³-hybridized carbons (Fsp3) is 0.357. The van der Waals surface area contributed by atoms with Crippen molar-refractivity contribution in [3.8, 4) is 5.75 Å². The Morgan fingerprint density at radius 2 is 2.26 bits per heavy atom. The summed E-state index contributed by atoms with van der Waals surface area (Å²) in [6, 6.07) is 4.71. The number of rotatable bonds is 5. The molecule has 2 aromatic rings. The molecule has 1 heterocycles. The summed E-state index contributed by atoms with van der Waals surface area (Å²) in [5.74, 6) is -0.418. The molecule has 1 atom stereocenters. The van der Waals surface area contributed by atoms with E-state index in [0.29, 0.717) is 5.56 Å². The van der Waals surface area contributed by atoms with E-state index >= 15 is 0 Å². The van der Waals surface area contributed by atoms with E-state index in [2.05, 4.69) is 5.10 Å². The Morgan fingerprint density at radius 1 is 1.47 bits per heavy atom. The second-order valence-corrected chi connectivity index (χ2v) is 4.30. The van der Waals surface area contributed by atoms with E-state index in [0.717, 1.165) is 13.0 Å². The molecule has 1 N–H and O–H groups in total. The summed E-state index contributed by atoms with van der Waals surface area (Å²) in [6.45, 7) is 2.81. The fourth-order valence-corrected chi connectivity index (χ4v) is 1.95. The molecular formula is C14H17FN2O2. The zero-order valence-electron chi connectivity index (χ0n) is 11.0. The number of methoxy groups -OCH3 is 1.